The van der Waals surface area contributed by atoms with Gasteiger partial charge in [0.25, 0.3) is 5.91 Å². The third kappa shape index (κ3) is 6.47. The first kappa shape index (κ1) is 20.0. The highest BCUT2D eigenvalue weighted by molar-refractivity contribution is 6.10. The molecule has 4 N–H and O–H groups in total. The van der Waals surface area contributed by atoms with Gasteiger partial charge in [-0.1, -0.05) is 24.3 Å². The molecule has 7 nitrogen and oxygen atoms in total. The Bertz CT molecular complexity index is 833. The van der Waals surface area contributed by atoms with E-state index in [0.29, 0.717) is 23.4 Å². The lowest BCUT2D eigenvalue weighted by atomic mass is 10.1. The minimum Gasteiger partial charge on any atom is -0.481 e. The van der Waals surface area contributed by atoms with Gasteiger partial charge >= 0.3 is 12.0 Å². The zero-order valence-electron chi connectivity index (χ0n) is 15.3. The quantitative estimate of drug-likeness (QED) is 0.599. The van der Waals surface area contributed by atoms with Crippen molar-refractivity contribution in [1.82, 2.24) is 5.32 Å². The van der Waals surface area contributed by atoms with Crippen molar-refractivity contribution in [2.75, 3.05) is 10.6 Å². The van der Waals surface area contributed by atoms with Crippen molar-refractivity contribution >= 4 is 29.3 Å². The van der Waals surface area contributed by atoms with Crippen LogP contribution in [0.15, 0.2) is 48.5 Å². The van der Waals surface area contributed by atoms with Crippen LogP contribution >= 0.6 is 0 Å². The van der Waals surface area contributed by atoms with Gasteiger partial charge in [-0.3, -0.25) is 9.59 Å². The average Bonchev–Trinajstić information content (AvgIpc) is 2.60. The van der Waals surface area contributed by atoms with Gasteiger partial charge in [-0.15, -0.1) is 0 Å². The van der Waals surface area contributed by atoms with Gasteiger partial charge in [0.1, 0.15) is 0 Å². The number of carboxylic acids is 1. The lowest BCUT2D eigenvalue weighted by molar-refractivity contribution is -0.136. The summed E-state index contributed by atoms with van der Waals surface area (Å²) in [6.07, 6.45) is 0.404. The monoisotopic (exact) mass is 369 g/mol. The summed E-state index contributed by atoms with van der Waals surface area (Å²) in [6.45, 7) is 3.69. The lowest BCUT2D eigenvalue weighted by Gasteiger charge is -2.14. The van der Waals surface area contributed by atoms with Crippen molar-refractivity contribution in [3.63, 3.8) is 0 Å². The summed E-state index contributed by atoms with van der Waals surface area (Å²) in [7, 11) is 0. The molecule has 0 saturated carbocycles. The minimum atomic E-state index is -0.871. The van der Waals surface area contributed by atoms with Gasteiger partial charge in [0.15, 0.2) is 0 Å². The molecule has 0 heterocycles. The van der Waals surface area contributed by atoms with E-state index in [1.54, 1.807) is 42.5 Å². The zero-order chi connectivity index (χ0) is 19.8. The van der Waals surface area contributed by atoms with E-state index in [1.807, 2.05) is 19.9 Å². The summed E-state index contributed by atoms with van der Waals surface area (Å²) >= 11 is 0. The fourth-order valence-electron chi connectivity index (χ4n) is 2.46. The number of urea groups is 1. The molecule has 142 valence electrons. The number of hydrogen-bond acceptors (Lipinski definition) is 3. The second-order valence-electron chi connectivity index (χ2n) is 6.35. The number of aliphatic carboxylic acids is 1. The van der Waals surface area contributed by atoms with Gasteiger partial charge in [-0.25, -0.2) is 4.79 Å². The predicted octanol–water partition coefficient (Wildman–Crippen LogP) is 3.49. The number of hydrogen-bond donors (Lipinski definition) is 4. The Balaban J connectivity index is 2.11. The van der Waals surface area contributed by atoms with Gasteiger partial charge in [0, 0.05) is 18.2 Å². The largest absolute Gasteiger partial charge is 0.481 e. The van der Waals surface area contributed by atoms with E-state index in [0.717, 1.165) is 5.56 Å². The Labute approximate surface area is 157 Å². The molecule has 0 fully saturated rings. The van der Waals surface area contributed by atoms with Crippen molar-refractivity contribution < 1.29 is 19.5 Å². The number of para-hydroxylation sites is 1. The highest BCUT2D eigenvalue weighted by Crippen LogP contribution is 2.18. The first-order valence-corrected chi connectivity index (χ1v) is 8.64. The molecule has 0 atom stereocenters. The van der Waals surface area contributed by atoms with E-state index >= 15 is 0 Å². The molecule has 0 bridgehead atoms. The molecule has 0 aliphatic heterocycles. The molecule has 2 aromatic carbocycles. The summed E-state index contributed by atoms with van der Waals surface area (Å²) < 4.78 is 0. The zero-order valence-corrected chi connectivity index (χ0v) is 15.3. The van der Waals surface area contributed by atoms with E-state index < -0.39 is 5.97 Å². The molecule has 3 amide bonds. The van der Waals surface area contributed by atoms with Crippen LogP contribution in [0.25, 0.3) is 0 Å². The van der Waals surface area contributed by atoms with Gasteiger partial charge in [-0.05, 0) is 50.1 Å². The van der Waals surface area contributed by atoms with Crippen molar-refractivity contribution in [3.05, 3.63) is 59.7 Å². The number of carboxylic acid groups (broad SMARTS) is 1. The third-order valence-corrected chi connectivity index (χ3v) is 3.65. The van der Waals surface area contributed by atoms with Crippen LogP contribution in [-0.4, -0.2) is 29.1 Å². The second kappa shape index (κ2) is 9.38. The van der Waals surface area contributed by atoms with Gasteiger partial charge in [0.05, 0.1) is 11.3 Å². The van der Waals surface area contributed by atoms with E-state index in [1.165, 1.54) is 0 Å². The fourth-order valence-corrected chi connectivity index (χ4v) is 2.46. The third-order valence-electron chi connectivity index (χ3n) is 3.65. The van der Waals surface area contributed by atoms with E-state index in [2.05, 4.69) is 16.0 Å². The Hall–Kier alpha value is -3.35. The van der Waals surface area contributed by atoms with Gasteiger partial charge < -0.3 is 21.1 Å². The van der Waals surface area contributed by atoms with E-state index in [4.69, 9.17) is 5.11 Å². The maximum atomic E-state index is 12.6. The summed E-state index contributed by atoms with van der Waals surface area (Å²) in [5.41, 5.74) is 2.10. The van der Waals surface area contributed by atoms with Crippen LogP contribution < -0.4 is 16.0 Å². The second-order valence-corrected chi connectivity index (χ2v) is 6.35. The molecule has 0 saturated heterocycles. The van der Waals surface area contributed by atoms with Crippen LogP contribution in [-0.2, 0) is 11.2 Å². The summed E-state index contributed by atoms with van der Waals surface area (Å²) in [6, 6.07) is 13.3. The Morgan fingerprint density at radius 1 is 1.00 bits per heavy atom. The SMILES string of the molecule is CC(C)NC(=O)Nc1ccccc1C(=O)Nc1cccc(CCC(=O)O)c1. The first-order valence-electron chi connectivity index (χ1n) is 8.64. The summed E-state index contributed by atoms with van der Waals surface area (Å²) in [5.74, 6) is -1.24. The molecule has 0 aliphatic rings. The molecule has 2 aromatic rings. The lowest BCUT2D eigenvalue weighted by Crippen LogP contribution is -2.34. The fraction of sp³-hybridized carbons (Fsp3) is 0.250. The smallest absolute Gasteiger partial charge is 0.319 e. The number of nitrogens with one attached hydrogen (secondary N) is 3. The number of carbonyl (C=O) groups excluding carboxylic acids is 2. The summed E-state index contributed by atoms with van der Waals surface area (Å²) in [4.78, 5) is 35.3. The Morgan fingerprint density at radius 2 is 1.74 bits per heavy atom. The number of carbonyl (C=O) groups is 3. The standard InChI is InChI=1S/C20H23N3O4/c1-13(2)21-20(27)23-17-9-4-3-8-16(17)19(26)22-15-7-5-6-14(12-15)10-11-18(24)25/h3-9,12-13H,10-11H2,1-2H3,(H,22,26)(H,24,25)(H2,21,23,27). The molecule has 0 spiro atoms. The highest BCUT2D eigenvalue weighted by Gasteiger charge is 2.14. The number of rotatable bonds is 7. The first-order chi connectivity index (χ1) is 12.8. The highest BCUT2D eigenvalue weighted by atomic mass is 16.4. The van der Waals surface area contributed by atoms with Crippen molar-refractivity contribution in [1.29, 1.82) is 0 Å². The normalized spacial score (nSPS) is 10.3. The van der Waals surface area contributed by atoms with Crippen LogP contribution in [0.4, 0.5) is 16.2 Å². The molecule has 2 rings (SSSR count). The molecule has 7 heteroatoms. The molecular formula is C20H23N3O4. The summed E-state index contributed by atoms with van der Waals surface area (Å²) in [5, 5.41) is 17.0. The molecule has 0 unspecified atom stereocenters. The van der Waals surface area contributed by atoms with Gasteiger partial charge in [-0.2, -0.15) is 0 Å². The molecular weight excluding hydrogens is 346 g/mol. The van der Waals surface area contributed by atoms with Crippen molar-refractivity contribution in [3.8, 4) is 0 Å². The predicted molar refractivity (Wildman–Crippen MR) is 104 cm³/mol. The molecule has 0 aromatic heterocycles. The van der Waals surface area contributed by atoms with Crippen LogP contribution in [0.1, 0.15) is 36.2 Å². The Kier molecular flexibility index (Phi) is 6.93. The molecule has 0 aliphatic carbocycles. The van der Waals surface area contributed by atoms with Crippen LogP contribution in [0.5, 0.6) is 0 Å². The van der Waals surface area contributed by atoms with Gasteiger partial charge in [0.2, 0.25) is 0 Å². The maximum Gasteiger partial charge on any atom is 0.319 e. The van der Waals surface area contributed by atoms with E-state index in [-0.39, 0.29) is 24.4 Å². The number of aryl methyl sites for hydroxylation is 1. The molecule has 27 heavy (non-hydrogen) atoms. The number of amides is 3. The molecule has 0 radical (unpaired) electrons. The van der Waals surface area contributed by atoms with Crippen LogP contribution in [0, 0.1) is 0 Å². The van der Waals surface area contributed by atoms with Crippen molar-refractivity contribution in [2.45, 2.75) is 32.7 Å². The minimum absolute atomic E-state index is 0.0229. The topological polar surface area (TPSA) is 108 Å². The van der Waals surface area contributed by atoms with Crippen LogP contribution in [0.2, 0.25) is 0 Å². The van der Waals surface area contributed by atoms with E-state index in [9.17, 15) is 14.4 Å². The maximum absolute atomic E-state index is 12.6. The van der Waals surface area contributed by atoms with Crippen molar-refractivity contribution in [2.24, 2.45) is 0 Å². The number of anilines is 2. The Morgan fingerprint density at radius 3 is 2.44 bits per heavy atom. The van der Waals surface area contributed by atoms with Crippen LogP contribution in [0.3, 0.4) is 0 Å². The number of benzene rings is 2. The average molecular weight is 369 g/mol.